The van der Waals surface area contributed by atoms with E-state index in [9.17, 15) is 17.6 Å². The lowest BCUT2D eigenvalue weighted by Crippen LogP contribution is -2.49. The summed E-state index contributed by atoms with van der Waals surface area (Å²) in [7, 11) is 0. The van der Waals surface area contributed by atoms with Crippen LogP contribution in [0.25, 0.3) is 0 Å². The van der Waals surface area contributed by atoms with Crippen LogP contribution in [0.1, 0.15) is 17.3 Å². The van der Waals surface area contributed by atoms with Gasteiger partial charge in [0.2, 0.25) is 5.95 Å². The van der Waals surface area contributed by atoms with E-state index in [2.05, 4.69) is 14.9 Å². The molecule has 150 valence electrons. The Bertz CT molecular complexity index is 960. The summed E-state index contributed by atoms with van der Waals surface area (Å²) in [6, 6.07) is 16.3. The Balaban J connectivity index is 1.70. The normalized spacial score (nSPS) is 17.4. The average molecular weight is 402 g/mol. The van der Waals surface area contributed by atoms with Crippen molar-refractivity contribution in [2.24, 2.45) is 0 Å². The number of aromatic nitrogens is 2. The molecule has 0 radical (unpaired) electrons. The van der Waals surface area contributed by atoms with Gasteiger partial charge in [0.15, 0.2) is 0 Å². The molecular formula is C21H18F4N4. The lowest BCUT2D eigenvalue weighted by molar-refractivity contribution is -0.141. The first-order valence-electron chi connectivity index (χ1n) is 9.14. The predicted molar refractivity (Wildman–Crippen MR) is 102 cm³/mol. The van der Waals surface area contributed by atoms with Crippen molar-refractivity contribution in [2.45, 2.75) is 12.2 Å². The smallest absolute Gasteiger partial charge is 0.367 e. The molecular weight excluding hydrogens is 384 g/mol. The summed E-state index contributed by atoms with van der Waals surface area (Å²) in [6.07, 6.45) is -3.43. The number of hydrogen-bond donors (Lipinski definition) is 0. The zero-order chi connectivity index (χ0) is 20.4. The number of anilines is 2. The lowest BCUT2D eigenvalue weighted by Gasteiger charge is -2.42. The zero-order valence-electron chi connectivity index (χ0n) is 15.4. The van der Waals surface area contributed by atoms with Crippen molar-refractivity contribution in [3.8, 4) is 0 Å². The summed E-state index contributed by atoms with van der Waals surface area (Å²) in [5.74, 6) is -0.354. The second-order valence-electron chi connectivity index (χ2n) is 6.78. The molecule has 4 nitrogen and oxygen atoms in total. The second-order valence-corrected chi connectivity index (χ2v) is 6.78. The van der Waals surface area contributed by atoms with Crippen molar-refractivity contribution >= 4 is 11.6 Å². The second kappa shape index (κ2) is 7.69. The van der Waals surface area contributed by atoms with Crippen LogP contribution in [-0.2, 0) is 6.18 Å². The van der Waals surface area contributed by atoms with Gasteiger partial charge in [-0.2, -0.15) is 13.2 Å². The van der Waals surface area contributed by atoms with Gasteiger partial charge in [-0.25, -0.2) is 14.4 Å². The standard InChI is InChI=1S/C21H18F4N4/c22-16-8-6-15(7-9-16)18-14-28(17-4-2-1-3-5-17)12-13-29(18)20-26-11-10-19(27-20)21(23,24)25/h1-11,18H,12-14H2/t18-/m0/s1. The highest BCUT2D eigenvalue weighted by Gasteiger charge is 2.35. The summed E-state index contributed by atoms with van der Waals surface area (Å²) >= 11 is 0. The van der Waals surface area contributed by atoms with Crippen LogP contribution in [0.5, 0.6) is 0 Å². The fourth-order valence-corrected chi connectivity index (χ4v) is 3.51. The molecule has 1 saturated heterocycles. The fourth-order valence-electron chi connectivity index (χ4n) is 3.51. The van der Waals surface area contributed by atoms with E-state index >= 15 is 0 Å². The summed E-state index contributed by atoms with van der Waals surface area (Å²) in [5.41, 5.74) is 0.822. The van der Waals surface area contributed by atoms with Crippen molar-refractivity contribution in [1.82, 2.24) is 9.97 Å². The number of para-hydroxylation sites is 1. The van der Waals surface area contributed by atoms with E-state index in [0.717, 1.165) is 23.5 Å². The molecule has 2 heterocycles. The molecule has 1 aromatic heterocycles. The number of piperazine rings is 1. The van der Waals surface area contributed by atoms with Gasteiger partial charge in [-0.3, -0.25) is 0 Å². The van der Waals surface area contributed by atoms with Crippen molar-refractivity contribution in [2.75, 3.05) is 29.4 Å². The van der Waals surface area contributed by atoms with Gasteiger partial charge in [-0.05, 0) is 35.9 Å². The highest BCUT2D eigenvalue weighted by Crippen LogP contribution is 2.33. The number of alkyl halides is 3. The van der Waals surface area contributed by atoms with E-state index < -0.39 is 11.9 Å². The maximum absolute atomic E-state index is 13.4. The average Bonchev–Trinajstić information content (AvgIpc) is 2.74. The maximum Gasteiger partial charge on any atom is 0.433 e. The maximum atomic E-state index is 13.4. The van der Waals surface area contributed by atoms with Crippen molar-refractivity contribution < 1.29 is 17.6 Å². The molecule has 1 fully saturated rings. The monoisotopic (exact) mass is 402 g/mol. The predicted octanol–water partition coefficient (Wildman–Crippen LogP) is 4.70. The third-order valence-corrected chi connectivity index (χ3v) is 4.95. The Hall–Kier alpha value is -3.16. The molecule has 0 spiro atoms. The highest BCUT2D eigenvalue weighted by molar-refractivity contribution is 5.50. The first kappa shape index (κ1) is 19.2. The largest absolute Gasteiger partial charge is 0.433 e. The van der Waals surface area contributed by atoms with E-state index in [1.807, 2.05) is 30.3 Å². The first-order chi connectivity index (χ1) is 13.9. The zero-order valence-corrected chi connectivity index (χ0v) is 15.4. The van der Waals surface area contributed by atoms with Crippen LogP contribution in [0.2, 0.25) is 0 Å². The van der Waals surface area contributed by atoms with Gasteiger partial charge in [-0.15, -0.1) is 0 Å². The van der Waals surface area contributed by atoms with Gasteiger partial charge in [-0.1, -0.05) is 30.3 Å². The molecule has 2 aromatic carbocycles. The molecule has 0 aliphatic carbocycles. The summed E-state index contributed by atoms with van der Waals surface area (Å²) in [6.45, 7) is 1.54. The van der Waals surface area contributed by atoms with E-state index in [0.29, 0.717) is 19.6 Å². The SMILES string of the molecule is Fc1ccc([C@@H]2CN(c3ccccc3)CCN2c2nccc(C(F)(F)F)n2)cc1. The molecule has 1 atom stereocenters. The van der Waals surface area contributed by atoms with Crippen molar-refractivity contribution in [3.05, 3.63) is 83.9 Å². The third-order valence-electron chi connectivity index (χ3n) is 4.95. The van der Waals surface area contributed by atoms with Gasteiger partial charge in [0.05, 0.1) is 6.04 Å². The van der Waals surface area contributed by atoms with E-state index in [1.54, 1.807) is 17.0 Å². The van der Waals surface area contributed by atoms with Crippen LogP contribution in [0.15, 0.2) is 66.9 Å². The molecule has 1 aliphatic heterocycles. The summed E-state index contributed by atoms with van der Waals surface area (Å²) in [5, 5.41) is 0. The molecule has 0 N–H and O–H groups in total. The molecule has 0 unspecified atom stereocenters. The molecule has 3 aromatic rings. The molecule has 4 rings (SSSR count). The molecule has 0 saturated carbocycles. The fraction of sp³-hybridized carbons (Fsp3) is 0.238. The minimum Gasteiger partial charge on any atom is -0.367 e. The Kier molecular flexibility index (Phi) is 5.08. The quantitative estimate of drug-likeness (QED) is 0.595. The summed E-state index contributed by atoms with van der Waals surface area (Å²) < 4.78 is 52.8. The molecule has 8 heteroatoms. The number of hydrogen-bond acceptors (Lipinski definition) is 4. The lowest BCUT2D eigenvalue weighted by atomic mass is 10.0. The number of halogens is 4. The highest BCUT2D eigenvalue weighted by atomic mass is 19.4. The van der Waals surface area contributed by atoms with E-state index in [4.69, 9.17) is 0 Å². The van der Waals surface area contributed by atoms with Gasteiger partial charge < -0.3 is 9.80 Å². The molecule has 29 heavy (non-hydrogen) atoms. The topological polar surface area (TPSA) is 32.3 Å². The number of benzene rings is 2. The minimum atomic E-state index is -4.55. The van der Waals surface area contributed by atoms with E-state index in [1.165, 1.54) is 12.1 Å². The molecule has 1 aliphatic rings. The van der Waals surface area contributed by atoms with Crippen LogP contribution in [0.3, 0.4) is 0 Å². The number of nitrogens with zero attached hydrogens (tertiary/aromatic N) is 4. The van der Waals surface area contributed by atoms with Gasteiger partial charge >= 0.3 is 6.18 Å². The van der Waals surface area contributed by atoms with E-state index in [-0.39, 0.29) is 17.8 Å². The van der Waals surface area contributed by atoms with Gasteiger partial charge in [0, 0.05) is 31.5 Å². The van der Waals surface area contributed by atoms with Gasteiger partial charge in [0.25, 0.3) is 0 Å². The Morgan fingerprint density at radius 3 is 2.31 bits per heavy atom. The summed E-state index contributed by atoms with van der Waals surface area (Å²) in [4.78, 5) is 11.7. The minimum absolute atomic E-state index is 0.0156. The van der Waals surface area contributed by atoms with Crippen molar-refractivity contribution in [1.29, 1.82) is 0 Å². The van der Waals surface area contributed by atoms with Crippen LogP contribution in [0.4, 0.5) is 29.2 Å². The van der Waals surface area contributed by atoms with Crippen LogP contribution in [0, 0.1) is 5.82 Å². The Morgan fingerprint density at radius 2 is 1.62 bits per heavy atom. The van der Waals surface area contributed by atoms with Crippen molar-refractivity contribution in [3.63, 3.8) is 0 Å². The Labute approximate surface area is 165 Å². The van der Waals surface area contributed by atoms with Gasteiger partial charge in [0.1, 0.15) is 11.5 Å². The molecule has 0 bridgehead atoms. The third kappa shape index (κ3) is 4.16. The van der Waals surface area contributed by atoms with Crippen LogP contribution >= 0.6 is 0 Å². The van der Waals surface area contributed by atoms with Crippen LogP contribution < -0.4 is 9.80 Å². The number of rotatable bonds is 3. The first-order valence-corrected chi connectivity index (χ1v) is 9.14. The Morgan fingerprint density at radius 1 is 0.897 bits per heavy atom. The molecule has 0 amide bonds. The van der Waals surface area contributed by atoms with Crippen LogP contribution in [-0.4, -0.2) is 29.6 Å².